The first-order valence-corrected chi connectivity index (χ1v) is 10.2. The lowest BCUT2D eigenvalue weighted by molar-refractivity contribution is -0.137. The molecule has 2 aromatic carbocycles. The molecule has 0 radical (unpaired) electrons. The van der Waals surface area contributed by atoms with Gasteiger partial charge in [0.2, 0.25) is 5.88 Å². The number of carbonyl (C=O) groups excluding carboxylic acids is 1. The number of carbonyl (C=O) groups is 1. The first-order chi connectivity index (χ1) is 15.2. The van der Waals surface area contributed by atoms with Crippen molar-refractivity contribution in [1.82, 2.24) is 14.9 Å². The molecule has 9 heteroatoms. The molecular weight excluding hydrogens is 421 g/mol. The molecular formula is C23H23F3N4O2. The number of ether oxygens (including phenoxy) is 1. The molecule has 1 aromatic heterocycles. The van der Waals surface area contributed by atoms with E-state index >= 15 is 0 Å². The molecule has 0 unspecified atom stereocenters. The number of aromatic nitrogens is 2. The van der Waals surface area contributed by atoms with Gasteiger partial charge in [0.15, 0.2) is 5.69 Å². The van der Waals surface area contributed by atoms with Gasteiger partial charge in [0, 0.05) is 31.9 Å². The van der Waals surface area contributed by atoms with Gasteiger partial charge in [0.25, 0.3) is 5.91 Å². The van der Waals surface area contributed by atoms with Crippen LogP contribution in [0.5, 0.6) is 5.88 Å². The number of amides is 1. The van der Waals surface area contributed by atoms with Gasteiger partial charge < -0.3 is 14.5 Å². The summed E-state index contributed by atoms with van der Waals surface area (Å²) in [4.78, 5) is 25.6. The minimum atomic E-state index is -4.39. The quantitative estimate of drug-likeness (QED) is 0.605. The Morgan fingerprint density at radius 1 is 0.969 bits per heavy atom. The summed E-state index contributed by atoms with van der Waals surface area (Å²) < 4.78 is 44.4. The molecule has 32 heavy (non-hydrogen) atoms. The Kier molecular flexibility index (Phi) is 5.66. The second-order valence-corrected chi connectivity index (χ2v) is 7.83. The highest BCUT2D eigenvalue weighted by Gasteiger charge is 2.32. The first-order valence-electron chi connectivity index (χ1n) is 10.2. The van der Waals surface area contributed by atoms with Crippen LogP contribution < -0.4 is 9.64 Å². The van der Waals surface area contributed by atoms with E-state index in [2.05, 4.69) is 9.97 Å². The van der Waals surface area contributed by atoms with Crippen molar-refractivity contribution in [3.05, 3.63) is 58.8 Å². The zero-order valence-corrected chi connectivity index (χ0v) is 18.0. The second-order valence-electron chi connectivity index (χ2n) is 7.83. The van der Waals surface area contributed by atoms with Crippen molar-refractivity contribution in [3.8, 4) is 5.88 Å². The molecule has 1 amide bonds. The maximum atomic E-state index is 13.2. The van der Waals surface area contributed by atoms with Crippen molar-refractivity contribution in [3.63, 3.8) is 0 Å². The first kappa shape index (κ1) is 21.9. The van der Waals surface area contributed by atoms with Gasteiger partial charge in [0.05, 0.1) is 23.7 Å². The number of benzene rings is 2. The van der Waals surface area contributed by atoms with Gasteiger partial charge in [-0.1, -0.05) is 6.07 Å². The van der Waals surface area contributed by atoms with E-state index in [9.17, 15) is 18.0 Å². The summed E-state index contributed by atoms with van der Waals surface area (Å²) in [5.74, 6) is -0.149. The minimum absolute atomic E-state index is 0.135. The Hall–Kier alpha value is -3.36. The van der Waals surface area contributed by atoms with Crippen LogP contribution in [0.25, 0.3) is 11.0 Å². The molecule has 168 valence electrons. The topological polar surface area (TPSA) is 58.6 Å². The fraction of sp³-hybridized carbons (Fsp3) is 0.348. The van der Waals surface area contributed by atoms with Gasteiger partial charge in [0.1, 0.15) is 0 Å². The van der Waals surface area contributed by atoms with Crippen LogP contribution in [-0.4, -0.2) is 54.1 Å². The molecule has 3 aromatic rings. The largest absolute Gasteiger partial charge is 0.479 e. The van der Waals surface area contributed by atoms with E-state index in [1.165, 1.54) is 13.2 Å². The van der Waals surface area contributed by atoms with Crippen LogP contribution in [0, 0.1) is 13.8 Å². The molecule has 0 atom stereocenters. The average Bonchev–Trinajstić information content (AvgIpc) is 2.78. The predicted octanol–water partition coefficient (Wildman–Crippen LogP) is 4.24. The van der Waals surface area contributed by atoms with Crippen molar-refractivity contribution in [2.24, 2.45) is 0 Å². The molecule has 0 N–H and O–H groups in total. The summed E-state index contributed by atoms with van der Waals surface area (Å²) in [6.07, 6.45) is -4.39. The van der Waals surface area contributed by atoms with Crippen molar-refractivity contribution >= 4 is 22.6 Å². The maximum absolute atomic E-state index is 13.2. The predicted molar refractivity (Wildman–Crippen MR) is 115 cm³/mol. The monoisotopic (exact) mass is 444 g/mol. The number of hydrogen-bond donors (Lipinski definition) is 0. The van der Waals surface area contributed by atoms with Crippen LogP contribution in [0.15, 0.2) is 36.4 Å². The smallest absolute Gasteiger partial charge is 0.416 e. The van der Waals surface area contributed by atoms with Crippen LogP contribution in [-0.2, 0) is 6.18 Å². The summed E-state index contributed by atoms with van der Waals surface area (Å²) in [6.45, 7) is 5.47. The highest BCUT2D eigenvalue weighted by atomic mass is 19.4. The summed E-state index contributed by atoms with van der Waals surface area (Å²) >= 11 is 0. The van der Waals surface area contributed by atoms with Gasteiger partial charge in [-0.15, -0.1) is 0 Å². The second kappa shape index (κ2) is 8.29. The molecule has 1 aliphatic rings. The molecule has 4 rings (SSSR count). The van der Waals surface area contributed by atoms with E-state index in [1.54, 1.807) is 11.0 Å². The molecule has 6 nitrogen and oxygen atoms in total. The number of hydrogen-bond acceptors (Lipinski definition) is 5. The molecule has 0 saturated carbocycles. The number of methoxy groups -OCH3 is 1. The third kappa shape index (κ3) is 4.19. The fourth-order valence-electron chi connectivity index (χ4n) is 3.77. The molecule has 1 fully saturated rings. The number of piperazine rings is 1. The molecule has 1 saturated heterocycles. The third-order valence-corrected chi connectivity index (χ3v) is 5.75. The molecule has 0 spiro atoms. The standard InChI is InChI=1S/C23H23F3N4O2/c1-14-11-18-19(12-15(14)2)28-21(32-3)20(27-18)22(31)30-9-7-29(8-10-30)17-6-4-5-16(13-17)23(24,25)26/h4-6,11-13H,7-10H2,1-3H3. The van der Waals surface area contributed by atoms with Gasteiger partial charge in [-0.05, 0) is 55.3 Å². The lowest BCUT2D eigenvalue weighted by Crippen LogP contribution is -2.49. The van der Waals surface area contributed by atoms with E-state index in [-0.39, 0.29) is 17.5 Å². The summed E-state index contributed by atoms with van der Waals surface area (Å²) in [5.41, 5.74) is 3.31. The normalized spacial score (nSPS) is 14.7. The number of anilines is 1. The minimum Gasteiger partial charge on any atom is -0.479 e. The van der Waals surface area contributed by atoms with Crippen LogP contribution in [0.4, 0.5) is 18.9 Å². The lowest BCUT2D eigenvalue weighted by Gasteiger charge is -2.36. The van der Waals surface area contributed by atoms with Crippen molar-refractivity contribution in [2.45, 2.75) is 20.0 Å². The Morgan fingerprint density at radius 3 is 2.19 bits per heavy atom. The molecule has 0 aliphatic carbocycles. The number of nitrogens with zero attached hydrogens (tertiary/aromatic N) is 4. The highest BCUT2D eigenvalue weighted by molar-refractivity contribution is 5.96. The van der Waals surface area contributed by atoms with E-state index in [0.717, 1.165) is 23.3 Å². The third-order valence-electron chi connectivity index (χ3n) is 5.75. The van der Waals surface area contributed by atoms with Crippen molar-refractivity contribution in [2.75, 3.05) is 38.2 Å². The molecule has 1 aliphatic heterocycles. The van der Waals surface area contributed by atoms with Crippen molar-refractivity contribution in [1.29, 1.82) is 0 Å². The zero-order valence-electron chi connectivity index (χ0n) is 18.0. The van der Waals surface area contributed by atoms with Crippen molar-refractivity contribution < 1.29 is 22.7 Å². The number of alkyl halides is 3. The van der Waals surface area contributed by atoms with Gasteiger partial charge in [-0.3, -0.25) is 4.79 Å². The van der Waals surface area contributed by atoms with Crippen LogP contribution >= 0.6 is 0 Å². The Bertz CT molecular complexity index is 1170. The number of rotatable bonds is 3. The van der Waals surface area contributed by atoms with Gasteiger partial charge in [-0.2, -0.15) is 13.2 Å². The summed E-state index contributed by atoms with van der Waals surface area (Å²) in [5, 5.41) is 0. The summed E-state index contributed by atoms with van der Waals surface area (Å²) in [6, 6.07) is 9.03. The Balaban J connectivity index is 1.54. The number of fused-ring (bicyclic) bond motifs is 1. The maximum Gasteiger partial charge on any atom is 0.416 e. The van der Waals surface area contributed by atoms with E-state index in [4.69, 9.17) is 4.74 Å². The lowest BCUT2D eigenvalue weighted by atomic mass is 10.1. The van der Waals surface area contributed by atoms with E-state index < -0.39 is 11.7 Å². The molecule has 0 bridgehead atoms. The summed E-state index contributed by atoms with van der Waals surface area (Å²) in [7, 11) is 1.44. The molecule has 2 heterocycles. The highest BCUT2D eigenvalue weighted by Crippen LogP contribution is 2.32. The van der Waals surface area contributed by atoms with E-state index in [0.29, 0.717) is 42.9 Å². The van der Waals surface area contributed by atoms with Gasteiger partial charge in [-0.25, -0.2) is 9.97 Å². The average molecular weight is 444 g/mol. The fourth-order valence-corrected chi connectivity index (χ4v) is 3.77. The van der Waals surface area contributed by atoms with Crippen LogP contribution in [0.1, 0.15) is 27.2 Å². The SMILES string of the molecule is COc1nc2cc(C)c(C)cc2nc1C(=O)N1CCN(c2cccc(C(F)(F)F)c2)CC1. The Morgan fingerprint density at radius 2 is 1.59 bits per heavy atom. The van der Waals surface area contributed by atoms with E-state index in [1.807, 2.05) is 30.9 Å². The number of aryl methyl sites for hydroxylation is 2. The zero-order chi connectivity index (χ0) is 23.0. The van der Waals surface area contributed by atoms with Gasteiger partial charge >= 0.3 is 6.18 Å². The number of halogens is 3. The van der Waals surface area contributed by atoms with Crippen LogP contribution in [0.2, 0.25) is 0 Å². The van der Waals surface area contributed by atoms with Crippen LogP contribution in [0.3, 0.4) is 0 Å². The Labute approximate surface area is 183 Å².